The van der Waals surface area contributed by atoms with Crippen LogP contribution in [-0.2, 0) is 0 Å². The molecule has 66 valence electrons. The summed E-state index contributed by atoms with van der Waals surface area (Å²) in [5.41, 5.74) is 3.10. The molecule has 0 heterocycles. The lowest BCUT2D eigenvalue weighted by atomic mass is 10.1. The van der Waals surface area contributed by atoms with Crippen LogP contribution < -0.4 is 0 Å². The van der Waals surface area contributed by atoms with Gasteiger partial charge in [-0.05, 0) is 32.6 Å². The normalized spacial score (nSPS) is 16.8. The lowest BCUT2D eigenvalue weighted by molar-refractivity contribution is 0.929. The monoisotopic (exact) mass is 162 g/mol. The first-order valence-corrected chi connectivity index (χ1v) is 4.83. The predicted octanol–water partition coefficient (Wildman–Crippen LogP) is 4.01. The van der Waals surface area contributed by atoms with E-state index in [1.807, 2.05) is 0 Å². The van der Waals surface area contributed by atoms with Crippen molar-refractivity contribution in [1.82, 2.24) is 0 Å². The van der Waals surface area contributed by atoms with E-state index in [2.05, 4.69) is 38.2 Å². The Labute approximate surface area is 75.7 Å². The van der Waals surface area contributed by atoms with Gasteiger partial charge >= 0.3 is 0 Å². The Balaban J connectivity index is 2.14. The summed E-state index contributed by atoms with van der Waals surface area (Å²) in [6, 6.07) is 0. The third-order valence-electron chi connectivity index (χ3n) is 2.14. The van der Waals surface area contributed by atoms with Gasteiger partial charge in [-0.2, -0.15) is 0 Å². The van der Waals surface area contributed by atoms with E-state index in [0.29, 0.717) is 0 Å². The molecule has 0 amide bonds. The molecule has 0 fully saturated rings. The highest BCUT2D eigenvalue weighted by Gasteiger charge is 2.02. The Morgan fingerprint density at radius 2 is 2.17 bits per heavy atom. The molecule has 0 aromatic carbocycles. The molecule has 0 bridgehead atoms. The highest BCUT2D eigenvalue weighted by atomic mass is 14.1. The Bertz CT molecular complexity index is 216. The van der Waals surface area contributed by atoms with Gasteiger partial charge in [0, 0.05) is 0 Å². The maximum atomic E-state index is 2.29. The molecule has 0 spiro atoms. The molecule has 1 aliphatic rings. The molecular formula is C12H18. The molecule has 0 nitrogen and oxygen atoms in total. The van der Waals surface area contributed by atoms with Crippen molar-refractivity contribution in [3.63, 3.8) is 0 Å². The average molecular weight is 162 g/mol. The van der Waals surface area contributed by atoms with E-state index in [1.165, 1.54) is 24.8 Å². The van der Waals surface area contributed by atoms with E-state index in [-0.39, 0.29) is 0 Å². The van der Waals surface area contributed by atoms with E-state index in [4.69, 9.17) is 0 Å². The van der Waals surface area contributed by atoms with Crippen LogP contribution in [-0.4, -0.2) is 0 Å². The Morgan fingerprint density at radius 3 is 2.75 bits per heavy atom. The average Bonchev–Trinajstić information content (AvgIpc) is 2.45. The van der Waals surface area contributed by atoms with E-state index < -0.39 is 0 Å². The van der Waals surface area contributed by atoms with Crippen LogP contribution in [0.5, 0.6) is 0 Å². The fourth-order valence-electron chi connectivity index (χ4n) is 1.46. The molecule has 0 unspecified atom stereocenters. The van der Waals surface area contributed by atoms with Gasteiger partial charge < -0.3 is 0 Å². The number of rotatable bonds is 4. The van der Waals surface area contributed by atoms with Gasteiger partial charge in [-0.1, -0.05) is 42.4 Å². The van der Waals surface area contributed by atoms with Crippen LogP contribution in [0.25, 0.3) is 0 Å². The summed E-state index contributed by atoms with van der Waals surface area (Å²) in [4.78, 5) is 0. The SMILES string of the molecule is CCC=CCCC1=CC=C(C)C1. The third kappa shape index (κ3) is 3.08. The first-order chi connectivity index (χ1) is 5.83. The summed E-state index contributed by atoms with van der Waals surface area (Å²) in [5.74, 6) is 0. The van der Waals surface area contributed by atoms with Crippen molar-refractivity contribution in [1.29, 1.82) is 0 Å². The molecule has 0 aromatic heterocycles. The van der Waals surface area contributed by atoms with Crippen LogP contribution >= 0.6 is 0 Å². The molecule has 0 heteroatoms. The van der Waals surface area contributed by atoms with Crippen molar-refractivity contribution in [3.05, 3.63) is 35.5 Å². The van der Waals surface area contributed by atoms with E-state index in [0.717, 1.165) is 6.42 Å². The van der Waals surface area contributed by atoms with Crippen molar-refractivity contribution in [3.8, 4) is 0 Å². The minimum atomic E-state index is 1.16. The second-order valence-electron chi connectivity index (χ2n) is 3.43. The van der Waals surface area contributed by atoms with Gasteiger partial charge in [-0.3, -0.25) is 0 Å². The topological polar surface area (TPSA) is 0 Å². The lowest BCUT2D eigenvalue weighted by Crippen LogP contribution is -1.79. The van der Waals surface area contributed by atoms with Crippen LogP contribution in [0.1, 0.15) is 39.5 Å². The third-order valence-corrected chi connectivity index (χ3v) is 2.14. The van der Waals surface area contributed by atoms with Crippen LogP contribution in [0.3, 0.4) is 0 Å². The van der Waals surface area contributed by atoms with Crippen molar-refractivity contribution >= 4 is 0 Å². The molecule has 1 aliphatic carbocycles. The maximum absolute atomic E-state index is 2.29. The molecule has 0 atom stereocenters. The van der Waals surface area contributed by atoms with E-state index >= 15 is 0 Å². The van der Waals surface area contributed by atoms with Gasteiger partial charge in [0.05, 0.1) is 0 Å². The second-order valence-corrected chi connectivity index (χ2v) is 3.43. The molecule has 0 saturated carbocycles. The van der Waals surface area contributed by atoms with Gasteiger partial charge in [0.25, 0.3) is 0 Å². The standard InChI is InChI=1S/C12H18/c1-3-4-5-6-7-12-9-8-11(2)10-12/h4-5,8-9H,3,6-7,10H2,1-2H3. The molecular weight excluding hydrogens is 144 g/mol. The minimum Gasteiger partial charge on any atom is -0.0888 e. The number of allylic oxidation sites excluding steroid dienone is 6. The molecule has 0 N–H and O–H groups in total. The van der Waals surface area contributed by atoms with E-state index in [1.54, 1.807) is 5.57 Å². The summed E-state index contributed by atoms with van der Waals surface area (Å²) < 4.78 is 0. The second kappa shape index (κ2) is 4.97. The summed E-state index contributed by atoms with van der Waals surface area (Å²) in [6.07, 6.45) is 13.9. The maximum Gasteiger partial charge on any atom is -0.0105 e. The first kappa shape index (κ1) is 9.31. The molecule has 0 saturated heterocycles. The van der Waals surface area contributed by atoms with Crippen molar-refractivity contribution in [2.75, 3.05) is 0 Å². The van der Waals surface area contributed by atoms with Gasteiger partial charge in [0.15, 0.2) is 0 Å². The number of hydrogen-bond donors (Lipinski definition) is 0. The summed E-state index contributed by atoms with van der Waals surface area (Å²) in [6.45, 7) is 4.38. The highest BCUT2D eigenvalue weighted by molar-refractivity contribution is 5.29. The fraction of sp³-hybridized carbons (Fsp3) is 0.500. The zero-order valence-electron chi connectivity index (χ0n) is 8.14. The van der Waals surface area contributed by atoms with Crippen LogP contribution in [0.2, 0.25) is 0 Å². The van der Waals surface area contributed by atoms with E-state index in [9.17, 15) is 0 Å². The van der Waals surface area contributed by atoms with Crippen molar-refractivity contribution in [2.24, 2.45) is 0 Å². The van der Waals surface area contributed by atoms with Gasteiger partial charge in [0.1, 0.15) is 0 Å². The quantitative estimate of drug-likeness (QED) is 0.548. The minimum absolute atomic E-state index is 1.16. The summed E-state index contributed by atoms with van der Waals surface area (Å²) >= 11 is 0. The van der Waals surface area contributed by atoms with Gasteiger partial charge in [0.2, 0.25) is 0 Å². The van der Waals surface area contributed by atoms with Crippen LogP contribution in [0, 0.1) is 0 Å². The highest BCUT2D eigenvalue weighted by Crippen LogP contribution is 2.22. The summed E-state index contributed by atoms with van der Waals surface area (Å²) in [7, 11) is 0. The number of hydrogen-bond acceptors (Lipinski definition) is 0. The van der Waals surface area contributed by atoms with Crippen molar-refractivity contribution < 1.29 is 0 Å². The molecule has 0 aliphatic heterocycles. The Hall–Kier alpha value is -0.780. The van der Waals surface area contributed by atoms with Gasteiger partial charge in [-0.25, -0.2) is 0 Å². The zero-order valence-corrected chi connectivity index (χ0v) is 8.14. The molecule has 0 radical (unpaired) electrons. The molecule has 12 heavy (non-hydrogen) atoms. The fourth-order valence-corrected chi connectivity index (χ4v) is 1.46. The summed E-state index contributed by atoms with van der Waals surface area (Å²) in [5, 5.41) is 0. The zero-order chi connectivity index (χ0) is 8.81. The predicted molar refractivity (Wildman–Crippen MR) is 55.1 cm³/mol. The van der Waals surface area contributed by atoms with Crippen molar-refractivity contribution in [2.45, 2.75) is 39.5 Å². The Kier molecular flexibility index (Phi) is 3.86. The van der Waals surface area contributed by atoms with Gasteiger partial charge in [-0.15, -0.1) is 0 Å². The van der Waals surface area contributed by atoms with Crippen LogP contribution in [0.15, 0.2) is 35.5 Å². The van der Waals surface area contributed by atoms with Crippen LogP contribution in [0.4, 0.5) is 0 Å². The molecule has 0 aromatic rings. The molecule has 1 rings (SSSR count). The first-order valence-electron chi connectivity index (χ1n) is 4.83. The lowest BCUT2D eigenvalue weighted by Gasteiger charge is -1.98. The largest absolute Gasteiger partial charge is 0.0888 e. The smallest absolute Gasteiger partial charge is 0.0105 e. The Morgan fingerprint density at radius 1 is 1.33 bits per heavy atom.